The maximum absolute atomic E-state index is 13.3. The van der Waals surface area contributed by atoms with Gasteiger partial charge in [0.15, 0.2) is 0 Å². The molecule has 3 aromatic rings. The summed E-state index contributed by atoms with van der Waals surface area (Å²) in [5, 5.41) is 27.9. The molecule has 0 aliphatic carbocycles. The van der Waals surface area contributed by atoms with Crippen LogP contribution in [0.15, 0.2) is 60.8 Å². The molecule has 11 heteroatoms. The molecule has 3 rings (SSSR count). The van der Waals surface area contributed by atoms with E-state index in [0.29, 0.717) is 0 Å². The first-order valence-corrected chi connectivity index (χ1v) is 13.2. The van der Waals surface area contributed by atoms with Gasteiger partial charge in [-0.25, -0.2) is 4.79 Å². The van der Waals surface area contributed by atoms with Gasteiger partial charge in [0.1, 0.15) is 18.1 Å². The normalized spacial score (nSPS) is 14.2. The summed E-state index contributed by atoms with van der Waals surface area (Å²) in [5.74, 6) is -3.34. The Kier molecular flexibility index (Phi) is 10.8. The van der Waals surface area contributed by atoms with E-state index < -0.39 is 54.5 Å². The highest BCUT2D eigenvalue weighted by Crippen LogP contribution is 2.19. The Bertz CT molecular complexity index is 1310. The highest BCUT2D eigenvalue weighted by molar-refractivity contribution is 5.95. The highest BCUT2D eigenvalue weighted by Gasteiger charge is 2.31. The van der Waals surface area contributed by atoms with Gasteiger partial charge in [-0.2, -0.15) is 0 Å². The van der Waals surface area contributed by atoms with Crippen molar-refractivity contribution >= 4 is 34.6 Å². The molecule has 1 heterocycles. The molecule has 0 saturated heterocycles. The third kappa shape index (κ3) is 8.39. The maximum Gasteiger partial charge on any atom is 0.326 e. The van der Waals surface area contributed by atoms with Crippen molar-refractivity contribution in [3.05, 3.63) is 71.9 Å². The van der Waals surface area contributed by atoms with Crippen LogP contribution in [-0.2, 0) is 32.0 Å². The van der Waals surface area contributed by atoms with E-state index in [1.165, 1.54) is 0 Å². The molecular formula is C29H37N5O6. The van der Waals surface area contributed by atoms with Gasteiger partial charge >= 0.3 is 5.97 Å². The summed E-state index contributed by atoms with van der Waals surface area (Å²) >= 11 is 0. The summed E-state index contributed by atoms with van der Waals surface area (Å²) in [5.41, 5.74) is 8.41. The van der Waals surface area contributed by atoms with Crippen LogP contribution < -0.4 is 21.7 Å². The van der Waals surface area contributed by atoms with Crippen LogP contribution in [0, 0.1) is 5.92 Å². The number of rotatable bonds is 14. The number of hydrogen-bond donors (Lipinski definition) is 7. The predicted molar refractivity (Wildman–Crippen MR) is 150 cm³/mol. The number of nitrogens with one attached hydrogen (secondary N) is 4. The molecule has 0 fully saturated rings. The Labute approximate surface area is 232 Å². The van der Waals surface area contributed by atoms with Crippen LogP contribution in [0.2, 0.25) is 0 Å². The first-order valence-electron chi connectivity index (χ1n) is 13.2. The largest absolute Gasteiger partial charge is 0.480 e. The molecule has 4 unspecified atom stereocenters. The number of nitrogens with two attached hydrogens (primary N) is 1. The zero-order valence-electron chi connectivity index (χ0n) is 22.6. The molecule has 0 bridgehead atoms. The van der Waals surface area contributed by atoms with Crippen molar-refractivity contribution < 1.29 is 29.4 Å². The predicted octanol–water partition coefficient (Wildman–Crippen LogP) is 0.858. The fraction of sp³-hybridized carbons (Fsp3) is 0.379. The lowest BCUT2D eigenvalue weighted by Crippen LogP contribution is -2.58. The average molecular weight is 552 g/mol. The number of aliphatic hydroxyl groups excluding tert-OH is 1. The van der Waals surface area contributed by atoms with Crippen molar-refractivity contribution in [1.82, 2.24) is 20.9 Å². The van der Waals surface area contributed by atoms with Crippen LogP contribution in [0.3, 0.4) is 0 Å². The SMILES string of the molecule is CC(C)CC(NC(=O)C(Cc1c[nH]c2ccccc12)NC(=O)C(CO)NC(=O)C(N)Cc1ccccc1)C(=O)O. The minimum absolute atomic E-state index is 0.00265. The van der Waals surface area contributed by atoms with E-state index in [9.17, 15) is 29.4 Å². The molecular weight excluding hydrogens is 514 g/mol. The standard InChI is InChI=1S/C29H37N5O6/c1-17(2)12-24(29(39)40)33-27(37)23(14-19-15-31-22-11-7-6-10-20(19)22)32-28(38)25(16-35)34-26(36)21(30)13-18-8-4-3-5-9-18/h3-11,15,17,21,23-25,31,35H,12-14,16,30H2,1-2H3,(H,32,38)(H,33,37)(H,34,36)(H,39,40). The molecule has 0 radical (unpaired) electrons. The average Bonchev–Trinajstić information content (AvgIpc) is 3.33. The number of H-pyrrole nitrogens is 1. The van der Waals surface area contributed by atoms with Crippen molar-refractivity contribution in [1.29, 1.82) is 0 Å². The summed E-state index contributed by atoms with van der Waals surface area (Å²) in [6.45, 7) is 2.94. The highest BCUT2D eigenvalue weighted by atomic mass is 16.4. The van der Waals surface area contributed by atoms with Crippen molar-refractivity contribution in [2.45, 2.75) is 57.3 Å². The maximum atomic E-state index is 13.3. The van der Waals surface area contributed by atoms with E-state index in [1.807, 2.05) is 68.4 Å². The van der Waals surface area contributed by atoms with E-state index >= 15 is 0 Å². The van der Waals surface area contributed by atoms with Crippen LogP contribution in [0.1, 0.15) is 31.4 Å². The number of aliphatic carboxylic acids is 1. The topological polar surface area (TPSA) is 187 Å². The van der Waals surface area contributed by atoms with E-state index in [1.54, 1.807) is 6.20 Å². The summed E-state index contributed by atoms with van der Waals surface area (Å²) in [6.07, 6.45) is 2.18. The molecule has 0 aliphatic heterocycles. The van der Waals surface area contributed by atoms with Gasteiger partial charge in [0.2, 0.25) is 17.7 Å². The second-order valence-corrected chi connectivity index (χ2v) is 10.2. The van der Waals surface area contributed by atoms with Gasteiger partial charge in [-0.15, -0.1) is 0 Å². The van der Waals surface area contributed by atoms with E-state index in [4.69, 9.17) is 5.73 Å². The van der Waals surface area contributed by atoms with Gasteiger partial charge in [0, 0.05) is 23.5 Å². The smallest absolute Gasteiger partial charge is 0.326 e. The van der Waals surface area contributed by atoms with Crippen molar-refractivity contribution in [2.75, 3.05) is 6.61 Å². The van der Waals surface area contributed by atoms with Gasteiger partial charge in [-0.3, -0.25) is 14.4 Å². The first kappa shape index (κ1) is 30.3. The number of carbonyl (C=O) groups excluding carboxylic acids is 3. The Morgan fingerprint density at radius 3 is 2.08 bits per heavy atom. The number of para-hydroxylation sites is 1. The van der Waals surface area contributed by atoms with E-state index in [0.717, 1.165) is 22.0 Å². The van der Waals surface area contributed by atoms with Crippen LogP contribution in [0.25, 0.3) is 10.9 Å². The van der Waals surface area contributed by atoms with Crippen LogP contribution in [0.4, 0.5) is 0 Å². The fourth-order valence-corrected chi connectivity index (χ4v) is 4.40. The van der Waals surface area contributed by atoms with Crippen LogP contribution in [0.5, 0.6) is 0 Å². The van der Waals surface area contributed by atoms with Crippen LogP contribution in [-0.4, -0.2) is 69.7 Å². The van der Waals surface area contributed by atoms with Crippen molar-refractivity contribution in [3.63, 3.8) is 0 Å². The number of amides is 3. The zero-order chi connectivity index (χ0) is 29.2. The van der Waals surface area contributed by atoms with Gasteiger partial charge in [-0.05, 0) is 36.0 Å². The van der Waals surface area contributed by atoms with Gasteiger partial charge < -0.3 is 36.9 Å². The molecule has 1 aromatic heterocycles. The van der Waals surface area contributed by atoms with Crippen LogP contribution >= 0.6 is 0 Å². The number of carboxylic acid groups (broad SMARTS) is 1. The van der Waals surface area contributed by atoms with E-state index in [2.05, 4.69) is 20.9 Å². The van der Waals surface area contributed by atoms with Gasteiger partial charge in [-0.1, -0.05) is 62.4 Å². The molecule has 4 atom stereocenters. The molecule has 3 amide bonds. The number of hydrogen-bond acceptors (Lipinski definition) is 6. The molecule has 0 aliphatic rings. The van der Waals surface area contributed by atoms with Crippen molar-refractivity contribution in [2.24, 2.45) is 11.7 Å². The number of aromatic nitrogens is 1. The summed E-state index contributed by atoms with van der Waals surface area (Å²) in [7, 11) is 0. The lowest BCUT2D eigenvalue weighted by Gasteiger charge is -2.25. The Morgan fingerprint density at radius 1 is 0.825 bits per heavy atom. The molecule has 0 saturated carbocycles. The second kappa shape index (κ2) is 14.2. The zero-order valence-corrected chi connectivity index (χ0v) is 22.6. The second-order valence-electron chi connectivity index (χ2n) is 10.2. The molecule has 8 N–H and O–H groups in total. The number of aliphatic hydroxyl groups is 1. The number of fused-ring (bicyclic) bond motifs is 1. The quantitative estimate of drug-likeness (QED) is 0.155. The third-order valence-corrected chi connectivity index (χ3v) is 6.50. The Balaban J connectivity index is 1.76. The van der Waals surface area contributed by atoms with Gasteiger partial charge in [0.25, 0.3) is 0 Å². The minimum atomic E-state index is -1.38. The van der Waals surface area contributed by atoms with E-state index in [-0.39, 0.29) is 25.2 Å². The number of benzene rings is 2. The lowest BCUT2D eigenvalue weighted by atomic mass is 10.0. The number of aromatic amines is 1. The molecule has 0 spiro atoms. The molecule has 11 nitrogen and oxygen atoms in total. The Morgan fingerprint density at radius 2 is 1.43 bits per heavy atom. The lowest BCUT2D eigenvalue weighted by molar-refractivity contribution is -0.142. The fourth-order valence-electron chi connectivity index (χ4n) is 4.40. The molecule has 2 aromatic carbocycles. The van der Waals surface area contributed by atoms with Crippen molar-refractivity contribution in [3.8, 4) is 0 Å². The summed E-state index contributed by atoms with van der Waals surface area (Å²) < 4.78 is 0. The third-order valence-electron chi connectivity index (χ3n) is 6.50. The number of carboxylic acids is 1. The molecule has 214 valence electrons. The first-order chi connectivity index (χ1) is 19.1. The minimum Gasteiger partial charge on any atom is -0.480 e. The number of carbonyl (C=O) groups is 4. The van der Waals surface area contributed by atoms with Gasteiger partial charge in [0.05, 0.1) is 12.6 Å². The summed E-state index contributed by atoms with van der Waals surface area (Å²) in [4.78, 5) is 54.1. The Hall–Kier alpha value is -4.22. The molecule has 40 heavy (non-hydrogen) atoms. The summed E-state index contributed by atoms with van der Waals surface area (Å²) in [6, 6.07) is 11.9. The monoisotopic (exact) mass is 551 g/mol.